The van der Waals surface area contributed by atoms with E-state index in [9.17, 15) is 0 Å². The second-order valence-electron chi connectivity index (χ2n) is 3.79. The highest BCUT2D eigenvalue weighted by molar-refractivity contribution is 5.03. The van der Waals surface area contributed by atoms with E-state index < -0.39 is 0 Å². The normalized spacial score (nSPS) is 38.2. The van der Waals surface area contributed by atoms with Gasteiger partial charge in [-0.1, -0.05) is 12.2 Å². The molecular weight excluding hydrogens is 150 g/mol. The van der Waals surface area contributed by atoms with Crippen LogP contribution in [0.3, 0.4) is 0 Å². The molecule has 0 aliphatic carbocycles. The molecular formula is C10H17NO. The van der Waals surface area contributed by atoms with E-state index in [1.165, 1.54) is 6.42 Å². The Morgan fingerprint density at radius 2 is 2.08 bits per heavy atom. The van der Waals surface area contributed by atoms with E-state index in [4.69, 9.17) is 4.74 Å². The van der Waals surface area contributed by atoms with Crippen molar-refractivity contribution in [2.45, 2.75) is 38.4 Å². The van der Waals surface area contributed by atoms with E-state index in [-0.39, 0.29) is 0 Å². The lowest BCUT2D eigenvalue weighted by atomic mass is 9.89. The number of hydrogen-bond acceptors (Lipinski definition) is 2. The van der Waals surface area contributed by atoms with Gasteiger partial charge in [-0.05, 0) is 20.3 Å². The Labute approximate surface area is 74.2 Å². The third-order valence-corrected chi connectivity index (χ3v) is 2.95. The lowest BCUT2D eigenvalue weighted by Gasteiger charge is -2.54. The molecule has 0 aromatic rings. The number of nitrogens with zero attached hydrogens (tertiary/aromatic N) is 1. The summed E-state index contributed by atoms with van der Waals surface area (Å²) in [5.41, 5.74) is 0. The van der Waals surface area contributed by atoms with Crippen molar-refractivity contribution in [3.63, 3.8) is 0 Å². The maximum Gasteiger partial charge on any atom is 0.0623 e. The van der Waals surface area contributed by atoms with Gasteiger partial charge in [-0.2, -0.15) is 0 Å². The van der Waals surface area contributed by atoms with Gasteiger partial charge in [0, 0.05) is 18.1 Å². The highest BCUT2D eigenvalue weighted by atomic mass is 16.5. The molecule has 68 valence electrons. The molecule has 3 saturated heterocycles. The third-order valence-electron chi connectivity index (χ3n) is 2.95. The first-order chi connectivity index (χ1) is 5.83. The summed E-state index contributed by atoms with van der Waals surface area (Å²) < 4.78 is 5.42. The van der Waals surface area contributed by atoms with Crippen LogP contribution in [0.1, 0.15) is 20.3 Å². The zero-order valence-corrected chi connectivity index (χ0v) is 7.86. The van der Waals surface area contributed by atoms with Crippen LogP contribution in [0.5, 0.6) is 0 Å². The van der Waals surface area contributed by atoms with Crippen LogP contribution in [0.15, 0.2) is 12.2 Å². The van der Waals surface area contributed by atoms with Crippen LogP contribution in [-0.2, 0) is 4.74 Å². The average molecular weight is 167 g/mol. The second-order valence-corrected chi connectivity index (χ2v) is 3.79. The summed E-state index contributed by atoms with van der Waals surface area (Å²) in [6.07, 6.45) is 5.76. The van der Waals surface area contributed by atoms with E-state index in [0.717, 1.165) is 13.2 Å². The molecule has 0 aromatic carbocycles. The van der Waals surface area contributed by atoms with Crippen LogP contribution >= 0.6 is 0 Å². The maximum atomic E-state index is 5.42. The number of allylic oxidation sites excluding steroid dienone is 1. The van der Waals surface area contributed by atoms with Crippen molar-refractivity contribution >= 4 is 0 Å². The molecule has 0 radical (unpaired) electrons. The van der Waals surface area contributed by atoms with E-state index in [1.807, 2.05) is 0 Å². The van der Waals surface area contributed by atoms with Crippen LogP contribution in [0, 0.1) is 0 Å². The quantitative estimate of drug-likeness (QED) is 0.577. The molecule has 0 N–H and O–H groups in total. The predicted molar refractivity (Wildman–Crippen MR) is 49.1 cm³/mol. The van der Waals surface area contributed by atoms with Crippen molar-refractivity contribution < 1.29 is 4.74 Å². The lowest BCUT2D eigenvalue weighted by Crippen LogP contribution is -2.65. The van der Waals surface area contributed by atoms with Crippen molar-refractivity contribution in [3.05, 3.63) is 12.2 Å². The molecule has 12 heavy (non-hydrogen) atoms. The molecule has 3 aliphatic rings. The Morgan fingerprint density at radius 3 is 2.58 bits per heavy atom. The average Bonchev–Trinajstić information content (AvgIpc) is 2.05. The molecule has 3 atom stereocenters. The van der Waals surface area contributed by atoms with Gasteiger partial charge >= 0.3 is 0 Å². The molecule has 3 heterocycles. The van der Waals surface area contributed by atoms with Gasteiger partial charge in [-0.3, -0.25) is 4.90 Å². The number of morpholine rings is 1. The van der Waals surface area contributed by atoms with Gasteiger partial charge in [-0.15, -0.1) is 0 Å². The summed E-state index contributed by atoms with van der Waals surface area (Å²) >= 11 is 0. The van der Waals surface area contributed by atoms with E-state index in [1.54, 1.807) is 0 Å². The molecule has 3 aliphatic heterocycles. The molecule has 0 spiro atoms. The summed E-state index contributed by atoms with van der Waals surface area (Å²) in [6.45, 7) is 6.24. The molecule has 3 unspecified atom stereocenters. The molecule has 3 fully saturated rings. The SMILES string of the molecule is CC=CC(C)N1C2COCC1C2. The van der Waals surface area contributed by atoms with Crippen molar-refractivity contribution in [1.82, 2.24) is 4.90 Å². The van der Waals surface area contributed by atoms with E-state index in [2.05, 4.69) is 30.9 Å². The number of ether oxygens (including phenoxy) is 1. The zero-order chi connectivity index (χ0) is 8.55. The Hall–Kier alpha value is -0.340. The number of fused-ring (bicyclic) bond motifs is 2. The number of hydrogen-bond donors (Lipinski definition) is 0. The zero-order valence-electron chi connectivity index (χ0n) is 7.86. The fraction of sp³-hybridized carbons (Fsp3) is 0.800. The Kier molecular flexibility index (Phi) is 2.20. The van der Waals surface area contributed by atoms with Crippen LogP contribution in [0.25, 0.3) is 0 Å². The van der Waals surface area contributed by atoms with Gasteiger partial charge in [-0.25, -0.2) is 0 Å². The first-order valence-electron chi connectivity index (χ1n) is 4.81. The fourth-order valence-corrected chi connectivity index (χ4v) is 2.41. The Morgan fingerprint density at radius 1 is 1.42 bits per heavy atom. The smallest absolute Gasteiger partial charge is 0.0623 e. The van der Waals surface area contributed by atoms with Crippen molar-refractivity contribution in [2.24, 2.45) is 0 Å². The second kappa shape index (κ2) is 3.19. The van der Waals surface area contributed by atoms with Gasteiger partial charge < -0.3 is 4.74 Å². The molecule has 0 amide bonds. The molecule has 3 rings (SSSR count). The summed E-state index contributed by atoms with van der Waals surface area (Å²) in [5, 5.41) is 0. The van der Waals surface area contributed by atoms with Crippen LogP contribution < -0.4 is 0 Å². The summed E-state index contributed by atoms with van der Waals surface area (Å²) in [4.78, 5) is 2.57. The highest BCUT2D eigenvalue weighted by Gasteiger charge is 2.43. The van der Waals surface area contributed by atoms with Gasteiger partial charge in [0.1, 0.15) is 0 Å². The predicted octanol–water partition coefficient (Wildman–Crippen LogP) is 1.42. The minimum atomic E-state index is 0.600. The summed E-state index contributed by atoms with van der Waals surface area (Å²) in [7, 11) is 0. The largest absolute Gasteiger partial charge is 0.378 e. The van der Waals surface area contributed by atoms with Crippen LogP contribution in [-0.4, -0.2) is 36.2 Å². The minimum absolute atomic E-state index is 0.600. The van der Waals surface area contributed by atoms with Crippen LogP contribution in [0.4, 0.5) is 0 Å². The molecule has 0 aromatic heterocycles. The Balaban J connectivity index is 1.96. The molecule has 2 heteroatoms. The van der Waals surface area contributed by atoms with Crippen molar-refractivity contribution in [3.8, 4) is 0 Å². The van der Waals surface area contributed by atoms with Crippen molar-refractivity contribution in [1.29, 1.82) is 0 Å². The first-order valence-corrected chi connectivity index (χ1v) is 4.81. The van der Waals surface area contributed by atoms with Gasteiger partial charge in [0.25, 0.3) is 0 Å². The van der Waals surface area contributed by atoms with Gasteiger partial charge in [0.05, 0.1) is 13.2 Å². The lowest BCUT2D eigenvalue weighted by molar-refractivity contribution is -0.136. The monoisotopic (exact) mass is 167 g/mol. The third kappa shape index (κ3) is 1.19. The highest BCUT2D eigenvalue weighted by Crippen LogP contribution is 2.32. The Bertz CT molecular complexity index is 176. The minimum Gasteiger partial charge on any atom is -0.378 e. The topological polar surface area (TPSA) is 12.5 Å². The first kappa shape index (κ1) is 8.27. The van der Waals surface area contributed by atoms with E-state index >= 15 is 0 Å². The summed E-state index contributed by atoms with van der Waals surface area (Å²) in [6, 6.07) is 2.01. The number of rotatable bonds is 2. The van der Waals surface area contributed by atoms with E-state index in [0.29, 0.717) is 18.1 Å². The molecule has 2 nitrogen and oxygen atoms in total. The summed E-state index contributed by atoms with van der Waals surface area (Å²) in [5.74, 6) is 0. The fourth-order valence-electron chi connectivity index (χ4n) is 2.41. The van der Waals surface area contributed by atoms with Crippen molar-refractivity contribution in [2.75, 3.05) is 13.2 Å². The van der Waals surface area contributed by atoms with Crippen LogP contribution in [0.2, 0.25) is 0 Å². The maximum absolute atomic E-state index is 5.42. The van der Waals surface area contributed by atoms with Gasteiger partial charge in [0.2, 0.25) is 0 Å². The molecule has 0 saturated carbocycles. The van der Waals surface area contributed by atoms with Gasteiger partial charge in [0.15, 0.2) is 0 Å². The molecule has 2 bridgehead atoms. The standard InChI is InChI=1S/C10H17NO/c1-3-4-8(2)11-9-5-10(11)7-12-6-9/h3-4,8-10H,5-7H2,1-2H3.